The van der Waals surface area contributed by atoms with Crippen LogP contribution in [0.1, 0.15) is 35.9 Å². The smallest absolute Gasteiger partial charge is 0.251 e. The molecule has 112 valence electrons. The van der Waals surface area contributed by atoms with Crippen LogP contribution in [0.5, 0.6) is 5.75 Å². The molecule has 1 aromatic heterocycles. The van der Waals surface area contributed by atoms with Gasteiger partial charge in [0.25, 0.3) is 5.91 Å². The van der Waals surface area contributed by atoms with Crippen LogP contribution in [0.3, 0.4) is 0 Å². The van der Waals surface area contributed by atoms with Crippen molar-refractivity contribution in [3.05, 3.63) is 42.0 Å². The molecule has 0 saturated carbocycles. The number of nitrogens with zero attached hydrogens (tertiary/aromatic N) is 2. The number of carbonyl (C=O) groups is 1. The second kappa shape index (κ2) is 8.04. The fourth-order valence-corrected chi connectivity index (χ4v) is 1.78. The number of aromatic nitrogens is 3. The van der Waals surface area contributed by atoms with Gasteiger partial charge in [0.1, 0.15) is 17.9 Å². The molecule has 6 nitrogen and oxygen atoms in total. The molecule has 2 rings (SSSR count). The van der Waals surface area contributed by atoms with E-state index in [9.17, 15) is 4.79 Å². The van der Waals surface area contributed by atoms with E-state index in [0.717, 1.165) is 24.4 Å². The first-order chi connectivity index (χ1) is 10.3. The highest BCUT2D eigenvalue weighted by Gasteiger charge is 2.05. The molecular formula is C15H20N4O2. The lowest BCUT2D eigenvalue weighted by atomic mass is 10.2. The van der Waals surface area contributed by atoms with Crippen LogP contribution in [0.4, 0.5) is 0 Å². The van der Waals surface area contributed by atoms with Gasteiger partial charge in [-0.15, -0.1) is 0 Å². The summed E-state index contributed by atoms with van der Waals surface area (Å²) in [4.78, 5) is 15.9. The topological polar surface area (TPSA) is 79.9 Å². The fourth-order valence-electron chi connectivity index (χ4n) is 1.78. The number of ether oxygens (including phenoxy) is 1. The maximum Gasteiger partial charge on any atom is 0.251 e. The van der Waals surface area contributed by atoms with E-state index in [-0.39, 0.29) is 5.91 Å². The van der Waals surface area contributed by atoms with Crippen molar-refractivity contribution in [1.82, 2.24) is 20.5 Å². The normalized spacial score (nSPS) is 10.3. The van der Waals surface area contributed by atoms with Gasteiger partial charge in [-0.05, 0) is 30.7 Å². The number of nitrogens with one attached hydrogen (secondary N) is 2. The Kier molecular flexibility index (Phi) is 5.75. The largest absolute Gasteiger partial charge is 0.494 e. The predicted molar refractivity (Wildman–Crippen MR) is 79.3 cm³/mol. The van der Waals surface area contributed by atoms with Gasteiger partial charge in [-0.2, -0.15) is 5.10 Å². The Labute approximate surface area is 123 Å². The number of unbranched alkanes of at least 4 members (excludes halogenated alkanes) is 1. The third-order valence-electron chi connectivity index (χ3n) is 3.00. The van der Waals surface area contributed by atoms with Crippen molar-refractivity contribution in [2.75, 3.05) is 13.2 Å². The average molecular weight is 288 g/mol. The summed E-state index contributed by atoms with van der Waals surface area (Å²) in [6, 6.07) is 7.18. The molecule has 1 aromatic carbocycles. The van der Waals surface area contributed by atoms with E-state index in [4.69, 9.17) is 4.74 Å². The van der Waals surface area contributed by atoms with E-state index in [1.165, 1.54) is 6.33 Å². The van der Waals surface area contributed by atoms with Crippen LogP contribution in [-0.4, -0.2) is 34.2 Å². The number of amides is 1. The summed E-state index contributed by atoms with van der Waals surface area (Å²) in [6.45, 7) is 3.34. The van der Waals surface area contributed by atoms with Crippen molar-refractivity contribution >= 4 is 5.91 Å². The Bertz CT molecular complexity index is 537. The molecule has 6 heteroatoms. The zero-order valence-corrected chi connectivity index (χ0v) is 12.1. The molecule has 0 aliphatic carbocycles. The molecule has 2 N–H and O–H groups in total. The van der Waals surface area contributed by atoms with Gasteiger partial charge < -0.3 is 10.1 Å². The minimum absolute atomic E-state index is 0.102. The Morgan fingerprint density at radius 2 is 2.14 bits per heavy atom. The van der Waals surface area contributed by atoms with Gasteiger partial charge in [-0.3, -0.25) is 9.89 Å². The summed E-state index contributed by atoms with van der Waals surface area (Å²) in [5.41, 5.74) is 0.621. The first kappa shape index (κ1) is 15.0. The summed E-state index contributed by atoms with van der Waals surface area (Å²) in [5, 5.41) is 9.35. The van der Waals surface area contributed by atoms with Crippen molar-refractivity contribution in [3.8, 4) is 5.75 Å². The third kappa shape index (κ3) is 4.91. The molecule has 0 aliphatic heterocycles. The molecule has 0 unspecified atom stereocenters. The summed E-state index contributed by atoms with van der Waals surface area (Å²) < 4.78 is 5.56. The van der Waals surface area contributed by atoms with E-state index < -0.39 is 0 Å². The van der Waals surface area contributed by atoms with Crippen LogP contribution < -0.4 is 10.1 Å². The van der Waals surface area contributed by atoms with Crippen molar-refractivity contribution in [2.24, 2.45) is 0 Å². The molecular weight excluding hydrogens is 268 g/mol. The number of rotatable bonds is 8. The molecule has 0 atom stereocenters. The van der Waals surface area contributed by atoms with E-state index in [1.54, 1.807) is 12.1 Å². The summed E-state index contributed by atoms with van der Waals surface area (Å²) in [7, 11) is 0. The highest BCUT2D eigenvalue weighted by Crippen LogP contribution is 2.12. The monoisotopic (exact) mass is 288 g/mol. The molecule has 1 amide bonds. The molecule has 0 aliphatic rings. The highest BCUT2D eigenvalue weighted by atomic mass is 16.5. The van der Waals surface area contributed by atoms with E-state index in [2.05, 4.69) is 27.4 Å². The van der Waals surface area contributed by atoms with Crippen molar-refractivity contribution < 1.29 is 9.53 Å². The molecule has 0 fully saturated rings. The van der Waals surface area contributed by atoms with Gasteiger partial charge >= 0.3 is 0 Å². The standard InChI is InChI=1S/C15H20N4O2/c1-2-3-10-21-13-6-4-12(5-7-13)15(20)16-9-8-14-17-11-18-19-14/h4-7,11H,2-3,8-10H2,1H3,(H,16,20)(H,17,18,19). The van der Waals surface area contributed by atoms with Crippen LogP contribution in [-0.2, 0) is 6.42 Å². The maximum absolute atomic E-state index is 11.9. The zero-order valence-electron chi connectivity index (χ0n) is 12.1. The minimum atomic E-state index is -0.102. The Hall–Kier alpha value is -2.37. The SMILES string of the molecule is CCCCOc1ccc(C(=O)NCCc2ncn[nH]2)cc1. The van der Waals surface area contributed by atoms with Gasteiger partial charge in [-0.25, -0.2) is 4.98 Å². The Morgan fingerprint density at radius 3 is 2.81 bits per heavy atom. The second-order valence-electron chi connectivity index (χ2n) is 4.66. The molecule has 0 radical (unpaired) electrons. The lowest BCUT2D eigenvalue weighted by molar-refractivity contribution is 0.0954. The van der Waals surface area contributed by atoms with E-state index in [0.29, 0.717) is 25.1 Å². The summed E-state index contributed by atoms with van der Waals surface area (Å²) >= 11 is 0. The van der Waals surface area contributed by atoms with E-state index >= 15 is 0 Å². The maximum atomic E-state index is 11.9. The number of carbonyl (C=O) groups excluding carboxylic acids is 1. The lowest BCUT2D eigenvalue weighted by Gasteiger charge is -2.07. The van der Waals surface area contributed by atoms with Crippen LogP contribution in [0.15, 0.2) is 30.6 Å². The molecule has 0 saturated heterocycles. The minimum Gasteiger partial charge on any atom is -0.494 e. The zero-order chi connectivity index (χ0) is 14.9. The number of hydrogen-bond donors (Lipinski definition) is 2. The van der Waals surface area contributed by atoms with Gasteiger partial charge in [0.05, 0.1) is 6.61 Å². The predicted octanol–water partition coefficient (Wildman–Crippen LogP) is 1.96. The van der Waals surface area contributed by atoms with Gasteiger partial charge in [-0.1, -0.05) is 13.3 Å². The van der Waals surface area contributed by atoms with Gasteiger partial charge in [0.15, 0.2) is 0 Å². The first-order valence-corrected chi connectivity index (χ1v) is 7.15. The van der Waals surface area contributed by atoms with Crippen molar-refractivity contribution in [3.63, 3.8) is 0 Å². The van der Waals surface area contributed by atoms with Crippen molar-refractivity contribution in [2.45, 2.75) is 26.2 Å². The van der Waals surface area contributed by atoms with Gasteiger partial charge in [0, 0.05) is 18.5 Å². The first-order valence-electron chi connectivity index (χ1n) is 7.15. The second-order valence-corrected chi connectivity index (χ2v) is 4.66. The number of aromatic amines is 1. The number of H-pyrrole nitrogens is 1. The third-order valence-corrected chi connectivity index (χ3v) is 3.00. The van der Waals surface area contributed by atoms with Gasteiger partial charge in [0.2, 0.25) is 0 Å². The Morgan fingerprint density at radius 1 is 1.33 bits per heavy atom. The van der Waals surface area contributed by atoms with Crippen LogP contribution >= 0.6 is 0 Å². The molecule has 0 spiro atoms. The molecule has 1 heterocycles. The quantitative estimate of drug-likeness (QED) is 0.728. The van der Waals surface area contributed by atoms with Crippen molar-refractivity contribution in [1.29, 1.82) is 0 Å². The molecule has 21 heavy (non-hydrogen) atoms. The highest BCUT2D eigenvalue weighted by molar-refractivity contribution is 5.94. The van der Waals surface area contributed by atoms with Crippen LogP contribution in [0.2, 0.25) is 0 Å². The molecule has 0 bridgehead atoms. The van der Waals surface area contributed by atoms with Crippen LogP contribution in [0, 0.1) is 0 Å². The van der Waals surface area contributed by atoms with E-state index in [1.807, 2.05) is 12.1 Å². The average Bonchev–Trinajstić information content (AvgIpc) is 3.01. The summed E-state index contributed by atoms with van der Waals surface area (Å²) in [6.07, 6.45) is 4.22. The molecule has 2 aromatic rings. The number of hydrogen-bond acceptors (Lipinski definition) is 4. The fraction of sp³-hybridized carbons (Fsp3) is 0.400. The summed E-state index contributed by atoms with van der Waals surface area (Å²) in [5.74, 6) is 1.45. The Balaban J connectivity index is 1.76. The number of benzene rings is 1. The lowest BCUT2D eigenvalue weighted by Crippen LogP contribution is -2.25. The van der Waals surface area contributed by atoms with Crippen LogP contribution in [0.25, 0.3) is 0 Å².